The number of carboxylic acids is 1. The number of carbonyl (C=O) groups is 1. The van der Waals surface area contributed by atoms with Crippen molar-refractivity contribution in [2.45, 2.75) is 6.04 Å². The van der Waals surface area contributed by atoms with Gasteiger partial charge in [-0.15, -0.1) is 0 Å². The third-order valence-corrected chi connectivity index (χ3v) is 2.09. The highest BCUT2D eigenvalue weighted by Gasteiger charge is 2.32. The highest BCUT2D eigenvalue weighted by Crippen LogP contribution is 2.14. The molecule has 1 unspecified atom stereocenters. The predicted octanol–water partition coefficient (Wildman–Crippen LogP) is -0.912. The first-order chi connectivity index (χ1) is 5.77. The van der Waals surface area contributed by atoms with Crippen LogP contribution in [0, 0.1) is 5.92 Å². The summed E-state index contributed by atoms with van der Waals surface area (Å²) in [7, 11) is 0. The van der Waals surface area contributed by atoms with Gasteiger partial charge in [0, 0.05) is 13.1 Å². The van der Waals surface area contributed by atoms with Crippen LogP contribution in [0.1, 0.15) is 0 Å². The van der Waals surface area contributed by atoms with Crippen LogP contribution in [0.3, 0.4) is 0 Å². The summed E-state index contributed by atoms with van der Waals surface area (Å²) in [6.07, 6.45) is 0. The van der Waals surface area contributed by atoms with E-state index in [0.29, 0.717) is 11.8 Å². The van der Waals surface area contributed by atoms with Crippen molar-refractivity contribution in [3.05, 3.63) is 0 Å². The molecule has 0 radical (unpaired) electrons. The van der Waals surface area contributed by atoms with Gasteiger partial charge in [-0.3, -0.25) is 0 Å². The first-order valence-corrected chi connectivity index (χ1v) is 3.91. The van der Waals surface area contributed by atoms with E-state index in [0.717, 1.165) is 13.1 Å². The summed E-state index contributed by atoms with van der Waals surface area (Å²) in [5, 5.41) is 11.7. The Labute approximate surface area is 69.4 Å². The minimum Gasteiger partial charge on any atom is -0.480 e. The standard InChI is InChI=1S/C7H10N2O3/c10-7(11)5-3-12-6(9-5)4-1-8-2-4/h4-5,8H,1-3H2,(H,10,11). The second kappa shape index (κ2) is 2.75. The molecule has 0 amide bonds. The number of nitrogens with one attached hydrogen (secondary N) is 1. The summed E-state index contributed by atoms with van der Waals surface area (Å²) in [5.41, 5.74) is 0. The molecule has 0 spiro atoms. The maximum atomic E-state index is 10.5. The van der Waals surface area contributed by atoms with Crippen molar-refractivity contribution < 1.29 is 14.6 Å². The average Bonchev–Trinajstić information content (AvgIpc) is 2.32. The van der Waals surface area contributed by atoms with E-state index in [2.05, 4.69) is 10.3 Å². The normalized spacial score (nSPS) is 29.0. The summed E-state index contributed by atoms with van der Waals surface area (Å²) in [4.78, 5) is 14.4. The topological polar surface area (TPSA) is 70.9 Å². The highest BCUT2D eigenvalue weighted by atomic mass is 16.5. The van der Waals surface area contributed by atoms with E-state index in [9.17, 15) is 4.79 Å². The fourth-order valence-electron chi connectivity index (χ4n) is 1.21. The van der Waals surface area contributed by atoms with E-state index >= 15 is 0 Å². The van der Waals surface area contributed by atoms with Gasteiger partial charge in [-0.05, 0) is 0 Å². The van der Waals surface area contributed by atoms with Crippen molar-refractivity contribution in [1.82, 2.24) is 5.32 Å². The van der Waals surface area contributed by atoms with E-state index in [1.165, 1.54) is 0 Å². The van der Waals surface area contributed by atoms with Crippen LogP contribution in [0.15, 0.2) is 4.99 Å². The maximum Gasteiger partial charge on any atom is 0.332 e. The molecule has 0 aromatic heterocycles. The molecule has 2 N–H and O–H groups in total. The van der Waals surface area contributed by atoms with Crippen LogP contribution < -0.4 is 5.32 Å². The first-order valence-electron chi connectivity index (χ1n) is 3.91. The predicted molar refractivity (Wildman–Crippen MR) is 41.2 cm³/mol. The number of hydrogen-bond donors (Lipinski definition) is 2. The summed E-state index contributed by atoms with van der Waals surface area (Å²) >= 11 is 0. The second-order valence-corrected chi connectivity index (χ2v) is 2.99. The van der Waals surface area contributed by atoms with Gasteiger partial charge < -0.3 is 15.2 Å². The van der Waals surface area contributed by atoms with Crippen LogP contribution in [-0.4, -0.2) is 42.7 Å². The van der Waals surface area contributed by atoms with Crippen molar-refractivity contribution in [1.29, 1.82) is 0 Å². The second-order valence-electron chi connectivity index (χ2n) is 2.99. The van der Waals surface area contributed by atoms with Gasteiger partial charge in [-0.1, -0.05) is 0 Å². The van der Waals surface area contributed by atoms with E-state index in [4.69, 9.17) is 9.84 Å². The summed E-state index contributed by atoms with van der Waals surface area (Å²) < 4.78 is 5.16. The Bertz CT molecular complexity index is 235. The Morgan fingerprint density at radius 1 is 1.67 bits per heavy atom. The molecular weight excluding hydrogens is 160 g/mol. The quantitative estimate of drug-likeness (QED) is 0.562. The molecule has 2 heterocycles. The fraction of sp³-hybridized carbons (Fsp3) is 0.714. The van der Waals surface area contributed by atoms with Gasteiger partial charge in [0.2, 0.25) is 0 Å². The van der Waals surface area contributed by atoms with Gasteiger partial charge in [0.05, 0.1) is 5.92 Å². The van der Waals surface area contributed by atoms with Crippen molar-refractivity contribution in [3.8, 4) is 0 Å². The largest absolute Gasteiger partial charge is 0.480 e. The van der Waals surface area contributed by atoms with Crippen LogP contribution in [-0.2, 0) is 9.53 Å². The number of aliphatic carboxylic acids is 1. The molecular formula is C7H10N2O3. The molecule has 0 aromatic carbocycles. The van der Waals surface area contributed by atoms with Gasteiger partial charge in [0.25, 0.3) is 0 Å². The number of hydrogen-bond acceptors (Lipinski definition) is 4. The molecule has 1 saturated heterocycles. The zero-order valence-electron chi connectivity index (χ0n) is 6.49. The molecule has 2 aliphatic heterocycles. The molecule has 0 saturated carbocycles. The molecule has 66 valence electrons. The molecule has 5 nitrogen and oxygen atoms in total. The molecule has 0 bridgehead atoms. The van der Waals surface area contributed by atoms with Gasteiger partial charge in [-0.25, -0.2) is 9.79 Å². The first kappa shape index (κ1) is 7.54. The van der Waals surface area contributed by atoms with E-state index in [1.54, 1.807) is 0 Å². The van der Waals surface area contributed by atoms with Gasteiger partial charge >= 0.3 is 5.97 Å². The molecule has 5 heteroatoms. The summed E-state index contributed by atoms with van der Waals surface area (Å²) in [6.45, 7) is 1.90. The summed E-state index contributed by atoms with van der Waals surface area (Å²) in [6, 6.07) is -0.680. The van der Waals surface area contributed by atoms with Crippen LogP contribution in [0.4, 0.5) is 0 Å². The van der Waals surface area contributed by atoms with Crippen molar-refractivity contribution >= 4 is 11.9 Å². The monoisotopic (exact) mass is 170 g/mol. The van der Waals surface area contributed by atoms with Crippen LogP contribution >= 0.6 is 0 Å². The SMILES string of the molecule is O=C(O)C1COC(C2CNC2)=N1. The molecule has 12 heavy (non-hydrogen) atoms. The van der Waals surface area contributed by atoms with Crippen LogP contribution in [0.25, 0.3) is 0 Å². The summed E-state index contributed by atoms with van der Waals surface area (Å²) in [5.74, 6) is 0.00721. The van der Waals surface area contributed by atoms with E-state index in [-0.39, 0.29) is 6.61 Å². The fourth-order valence-corrected chi connectivity index (χ4v) is 1.21. The maximum absolute atomic E-state index is 10.5. The average molecular weight is 170 g/mol. The van der Waals surface area contributed by atoms with E-state index < -0.39 is 12.0 Å². The Kier molecular flexibility index (Phi) is 1.73. The van der Waals surface area contributed by atoms with Crippen LogP contribution in [0.5, 0.6) is 0 Å². The number of aliphatic imine (C=N–C) groups is 1. The molecule has 0 aliphatic carbocycles. The molecule has 1 atom stereocenters. The van der Waals surface area contributed by atoms with Gasteiger partial charge in [-0.2, -0.15) is 0 Å². The molecule has 2 rings (SSSR count). The van der Waals surface area contributed by atoms with Crippen molar-refractivity contribution in [2.75, 3.05) is 19.7 Å². The number of carboxylic acid groups (broad SMARTS) is 1. The smallest absolute Gasteiger partial charge is 0.332 e. The highest BCUT2D eigenvalue weighted by molar-refractivity contribution is 5.86. The minimum absolute atomic E-state index is 0.196. The Hall–Kier alpha value is -1.10. The minimum atomic E-state index is -0.905. The van der Waals surface area contributed by atoms with E-state index in [1.807, 2.05) is 0 Å². The molecule has 1 fully saturated rings. The third kappa shape index (κ3) is 1.16. The third-order valence-electron chi connectivity index (χ3n) is 2.09. The lowest BCUT2D eigenvalue weighted by molar-refractivity contribution is -0.138. The number of nitrogens with zero attached hydrogens (tertiary/aromatic N) is 1. The molecule has 2 aliphatic rings. The lowest BCUT2D eigenvalue weighted by Crippen LogP contribution is -2.46. The lowest BCUT2D eigenvalue weighted by atomic mass is 10.0. The zero-order valence-corrected chi connectivity index (χ0v) is 6.49. The number of rotatable bonds is 2. The van der Waals surface area contributed by atoms with Crippen molar-refractivity contribution in [3.63, 3.8) is 0 Å². The van der Waals surface area contributed by atoms with Crippen LogP contribution in [0.2, 0.25) is 0 Å². The van der Waals surface area contributed by atoms with Gasteiger partial charge in [0.1, 0.15) is 6.61 Å². The molecule has 0 aromatic rings. The Morgan fingerprint density at radius 2 is 2.42 bits per heavy atom. The van der Waals surface area contributed by atoms with Gasteiger partial charge in [0.15, 0.2) is 11.9 Å². The van der Waals surface area contributed by atoms with Crippen molar-refractivity contribution in [2.24, 2.45) is 10.9 Å². The lowest BCUT2D eigenvalue weighted by Gasteiger charge is -2.25. The zero-order chi connectivity index (χ0) is 8.55. The number of ether oxygens (including phenoxy) is 1. The Balaban J connectivity index is 1.99. The Morgan fingerprint density at radius 3 is 2.83 bits per heavy atom.